The molecule has 1 unspecified atom stereocenters. The molecule has 0 aliphatic rings. The smallest absolute Gasteiger partial charge is 0.411 e. The molecule has 7 N–H and O–H groups in total. The van der Waals surface area contributed by atoms with Gasteiger partial charge in [-0.25, -0.2) is 9.59 Å². The van der Waals surface area contributed by atoms with Gasteiger partial charge in [-0.1, -0.05) is 31.8 Å². The van der Waals surface area contributed by atoms with Gasteiger partial charge in [-0.15, -0.1) is 24.4 Å². The van der Waals surface area contributed by atoms with Crippen molar-refractivity contribution in [3.63, 3.8) is 0 Å². The predicted octanol–water partition coefficient (Wildman–Crippen LogP) is 2.21. The first-order valence-electron chi connectivity index (χ1n) is 14.4. The molecule has 0 heterocycles. The number of benzene rings is 1. The van der Waals surface area contributed by atoms with Crippen molar-refractivity contribution in [2.75, 3.05) is 25.0 Å². The molecule has 0 bridgehead atoms. The van der Waals surface area contributed by atoms with Crippen LogP contribution in [0.25, 0.3) is 0 Å². The number of carbonyl (C=O) groups is 4. The summed E-state index contributed by atoms with van der Waals surface area (Å²) in [4.78, 5) is 53.0. The fourth-order valence-electron chi connectivity index (χ4n) is 3.96. The van der Waals surface area contributed by atoms with Gasteiger partial charge in [-0.05, 0) is 69.3 Å². The summed E-state index contributed by atoms with van der Waals surface area (Å²) < 4.78 is 10.3. The van der Waals surface area contributed by atoms with Crippen LogP contribution in [0.15, 0.2) is 18.2 Å². The summed E-state index contributed by atoms with van der Waals surface area (Å²) in [5.41, 5.74) is 6.20. The summed E-state index contributed by atoms with van der Waals surface area (Å²) in [6.45, 7) is 8.59. The van der Waals surface area contributed by atoms with Gasteiger partial charge in [0.25, 0.3) is 0 Å². The Labute approximate surface area is 270 Å². The molecule has 45 heavy (non-hydrogen) atoms. The van der Waals surface area contributed by atoms with Gasteiger partial charge in [0.2, 0.25) is 11.8 Å². The molecule has 0 aliphatic heterocycles. The Kier molecular flexibility index (Phi) is 16.8. The van der Waals surface area contributed by atoms with E-state index in [-0.39, 0.29) is 44.5 Å². The van der Waals surface area contributed by atoms with E-state index < -0.39 is 48.0 Å². The predicted molar refractivity (Wildman–Crippen MR) is 171 cm³/mol. The van der Waals surface area contributed by atoms with Crippen molar-refractivity contribution in [1.29, 1.82) is 0 Å². The van der Waals surface area contributed by atoms with Crippen LogP contribution in [0.1, 0.15) is 58.6 Å². The second-order valence-electron chi connectivity index (χ2n) is 11.4. The number of nitrogens with one attached hydrogen (secondary N) is 4. The third kappa shape index (κ3) is 15.0. The molecule has 0 aliphatic carbocycles. The molecule has 1 rings (SSSR count). The number of anilines is 1. The summed E-state index contributed by atoms with van der Waals surface area (Å²) in [5.74, 6) is 3.27. The number of halogens is 1. The zero-order valence-corrected chi connectivity index (χ0v) is 27.2. The molecular formula is C31H45ClN6O7. The number of alkyl carbamates (subject to hydrolysis) is 1. The Bertz CT molecular complexity index is 1240. The van der Waals surface area contributed by atoms with Gasteiger partial charge in [0, 0.05) is 11.6 Å². The normalized spacial score (nSPS) is 13.0. The average molecular weight is 649 g/mol. The maximum Gasteiger partial charge on any atom is 0.411 e. The number of hydrogen-bond donors (Lipinski definition) is 6. The van der Waals surface area contributed by atoms with Gasteiger partial charge in [-0.3, -0.25) is 25.5 Å². The van der Waals surface area contributed by atoms with E-state index in [1.807, 2.05) is 0 Å². The van der Waals surface area contributed by atoms with Crippen LogP contribution in [-0.4, -0.2) is 77.7 Å². The molecule has 14 heteroatoms. The van der Waals surface area contributed by atoms with E-state index in [0.717, 1.165) is 0 Å². The third-order valence-corrected chi connectivity index (χ3v) is 6.36. The number of terminal acetylenes is 2. The number of rotatable bonds is 16. The second-order valence-corrected chi connectivity index (χ2v) is 11.7. The first kappa shape index (κ1) is 39.0. The van der Waals surface area contributed by atoms with Crippen LogP contribution in [0.4, 0.5) is 15.3 Å². The Balaban J connectivity index is 3.22. The van der Waals surface area contributed by atoms with Crippen LogP contribution in [-0.2, 0) is 31.5 Å². The Hall–Kier alpha value is -4.01. The number of aliphatic hydroxyl groups excluding tert-OH is 1. The van der Waals surface area contributed by atoms with Crippen molar-refractivity contribution in [1.82, 2.24) is 20.9 Å². The summed E-state index contributed by atoms with van der Waals surface area (Å²) in [7, 11) is 0. The lowest BCUT2D eigenvalue weighted by molar-refractivity contribution is -0.128. The van der Waals surface area contributed by atoms with Crippen LogP contribution in [0.3, 0.4) is 0 Å². The molecule has 4 amide bonds. The molecule has 0 radical (unpaired) electrons. The Morgan fingerprint density at radius 2 is 1.78 bits per heavy atom. The van der Waals surface area contributed by atoms with Crippen molar-refractivity contribution in [3.05, 3.63) is 29.3 Å². The highest BCUT2D eigenvalue weighted by atomic mass is 35.5. The van der Waals surface area contributed by atoms with Crippen molar-refractivity contribution >= 4 is 41.3 Å². The average Bonchev–Trinajstić information content (AvgIpc) is 2.94. The fraction of sp³-hybridized carbons (Fsp3) is 0.548. The zero-order valence-electron chi connectivity index (χ0n) is 26.4. The first-order valence-corrected chi connectivity index (χ1v) is 14.9. The number of aliphatic hydroxyl groups is 1. The minimum absolute atomic E-state index is 0.0268. The molecule has 0 spiro atoms. The van der Waals surface area contributed by atoms with E-state index in [2.05, 4.69) is 33.1 Å². The second kappa shape index (κ2) is 19.4. The van der Waals surface area contributed by atoms with E-state index in [0.29, 0.717) is 23.2 Å². The molecule has 0 saturated heterocycles. The number of ether oxygens (including phenoxy) is 2. The SMILES string of the molecule is C#CCOC(=O)N(CC#C)Cc1cc(NC(=O)[C@H](CCCNC(N)O)NC(=O)[C@@H](NC(=O)OC(C)(C)C)C(C)C)ccc1CCl. The molecule has 0 aromatic heterocycles. The Morgan fingerprint density at radius 1 is 1.09 bits per heavy atom. The highest BCUT2D eigenvalue weighted by molar-refractivity contribution is 6.17. The van der Waals surface area contributed by atoms with Gasteiger partial charge < -0.3 is 30.5 Å². The molecule has 248 valence electrons. The lowest BCUT2D eigenvalue weighted by Gasteiger charge is -2.27. The van der Waals surface area contributed by atoms with E-state index in [4.69, 9.17) is 39.7 Å². The van der Waals surface area contributed by atoms with Gasteiger partial charge in [-0.2, -0.15) is 0 Å². The minimum Gasteiger partial charge on any atom is -0.444 e. The highest BCUT2D eigenvalue weighted by Crippen LogP contribution is 2.21. The largest absolute Gasteiger partial charge is 0.444 e. The standard InChI is InChI=1S/C31H45ClN6O7/c1-8-15-38(30(43)44-16-9-2)19-22-17-23(13-12-21(22)18-32)35-26(39)24(11-10-14-34-28(33)41)36-27(40)25(20(3)4)37-29(42)45-31(5,6)7/h1-2,12-13,17,20,24-25,28,34,41H,10-11,14-16,18-19,33H2,3-7H3,(H,35,39)(H,36,40)(H,37,42)/t24-,25-,28?/m0/s1. The fourth-order valence-corrected chi connectivity index (χ4v) is 4.22. The highest BCUT2D eigenvalue weighted by Gasteiger charge is 2.30. The van der Waals surface area contributed by atoms with Gasteiger partial charge in [0.05, 0.1) is 13.1 Å². The van der Waals surface area contributed by atoms with Gasteiger partial charge in [0.15, 0.2) is 13.0 Å². The van der Waals surface area contributed by atoms with Crippen LogP contribution >= 0.6 is 11.6 Å². The van der Waals surface area contributed by atoms with E-state index in [1.54, 1.807) is 52.8 Å². The minimum atomic E-state index is -1.24. The number of nitrogens with zero attached hydrogens (tertiary/aromatic N) is 1. The molecule has 1 aromatic carbocycles. The lowest BCUT2D eigenvalue weighted by Crippen LogP contribution is -2.55. The summed E-state index contributed by atoms with van der Waals surface area (Å²) >= 11 is 6.13. The zero-order chi connectivity index (χ0) is 34.2. The van der Waals surface area contributed by atoms with Crippen LogP contribution in [0.5, 0.6) is 0 Å². The van der Waals surface area contributed by atoms with Crippen molar-refractivity contribution in [2.24, 2.45) is 11.7 Å². The Morgan fingerprint density at radius 3 is 2.33 bits per heavy atom. The lowest BCUT2D eigenvalue weighted by atomic mass is 10.0. The molecular weight excluding hydrogens is 604 g/mol. The number of amides is 4. The third-order valence-electron chi connectivity index (χ3n) is 6.08. The maximum atomic E-state index is 13.5. The van der Waals surface area contributed by atoms with Gasteiger partial charge in [0.1, 0.15) is 17.7 Å². The molecule has 0 saturated carbocycles. The van der Waals surface area contributed by atoms with Crippen molar-refractivity contribution in [2.45, 2.75) is 83.9 Å². The molecule has 3 atom stereocenters. The summed E-state index contributed by atoms with van der Waals surface area (Å²) in [5, 5.41) is 20.0. The van der Waals surface area contributed by atoms with Crippen LogP contribution < -0.4 is 27.0 Å². The molecule has 13 nitrogen and oxygen atoms in total. The summed E-state index contributed by atoms with van der Waals surface area (Å²) in [6.07, 6.45) is 8.42. The first-order chi connectivity index (χ1) is 21.1. The number of carbonyl (C=O) groups excluding carboxylic acids is 4. The van der Waals surface area contributed by atoms with Crippen molar-refractivity contribution in [3.8, 4) is 24.7 Å². The number of hydrogen-bond acceptors (Lipinski definition) is 9. The summed E-state index contributed by atoms with van der Waals surface area (Å²) in [6, 6.07) is 2.93. The quantitative estimate of drug-likeness (QED) is 0.0677. The monoisotopic (exact) mass is 648 g/mol. The molecule has 1 aromatic rings. The van der Waals surface area contributed by atoms with Gasteiger partial charge >= 0.3 is 12.2 Å². The number of nitrogens with two attached hydrogens (primary N) is 1. The maximum absolute atomic E-state index is 13.5. The van der Waals surface area contributed by atoms with E-state index >= 15 is 0 Å². The van der Waals surface area contributed by atoms with E-state index in [1.165, 1.54) is 4.90 Å². The van der Waals surface area contributed by atoms with Crippen LogP contribution in [0, 0.1) is 30.6 Å². The van der Waals surface area contributed by atoms with Crippen molar-refractivity contribution < 1.29 is 33.8 Å². The topological polar surface area (TPSA) is 184 Å². The van der Waals surface area contributed by atoms with Crippen LogP contribution in [0.2, 0.25) is 0 Å². The molecule has 0 fully saturated rings. The number of alkyl halides is 1. The van der Waals surface area contributed by atoms with E-state index in [9.17, 15) is 24.3 Å².